The number of nitrogens with one attached hydrogen (secondary N) is 1. The second-order valence-corrected chi connectivity index (χ2v) is 17.5. The van der Waals surface area contributed by atoms with Gasteiger partial charge in [-0.05, 0) is 70.8 Å². The lowest BCUT2D eigenvalue weighted by Crippen LogP contribution is -2.56. The van der Waals surface area contributed by atoms with E-state index in [4.69, 9.17) is 14.2 Å². The van der Waals surface area contributed by atoms with E-state index in [0.29, 0.717) is 35.3 Å². The van der Waals surface area contributed by atoms with Crippen molar-refractivity contribution in [3.8, 4) is 17.6 Å². The Labute approximate surface area is 400 Å². The average Bonchev–Trinajstić information content (AvgIpc) is 3.83. The van der Waals surface area contributed by atoms with E-state index >= 15 is 14.4 Å². The van der Waals surface area contributed by atoms with Crippen molar-refractivity contribution in [1.29, 1.82) is 0 Å². The number of fused-ring (bicyclic) bond motifs is 3. The predicted molar refractivity (Wildman–Crippen MR) is 257 cm³/mol. The highest BCUT2D eigenvalue weighted by molar-refractivity contribution is 6.23. The number of amides is 3. The van der Waals surface area contributed by atoms with Gasteiger partial charge in [-0.2, -0.15) is 0 Å². The van der Waals surface area contributed by atoms with E-state index in [1.165, 1.54) is 19.2 Å². The summed E-state index contributed by atoms with van der Waals surface area (Å²) in [6.07, 6.45) is -3.10. The summed E-state index contributed by atoms with van der Waals surface area (Å²) >= 11 is 0. The number of ether oxygens (including phenoxy) is 3. The molecule has 3 amide bonds. The van der Waals surface area contributed by atoms with E-state index in [-0.39, 0.29) is 36.8 Å². The number of anilines is 1. The Morgan fingerprint density at radius 1 is 0.797 bits per heavy atom. The van der Waals surface area contributed by atoms with Crippen LogP contribution in [0.5, 0.6) is 5.75 Å². The first kappa shape index (κ1) is 46.5. The van der Waals surface area contributed by atoms with E-state index in [0.717, 1.165) is 16.0 Å². The third-order valence-electron chi connectivity index (χ3n) is 13.2. The van der Waals surface area contributed by atoms with Gasteiger partial charge in [0.15, 0.2) is 0 Å². The number of methoxy groups -OCH3 is 1. The van der Waals surface area contributed by atoms with Crippen LogP contribution < -0.4 is 10.2 Å². The number of carbonyl (C=O) groups excluding carboxylic acids is 4. The van der Waals surface area contributed by atoms with Crippen molar-refractivity contribution in [1.82, 2.24) is 15.1 Å². The highest BCUT2D eigenvalue weighted by Crippen LogP contribution is 2.66. The fraction of sp³-hybridized carbons (Fsp3) is 0.250. The summed E-state index contributed by atoms with van der Waals surface area (Å²) in [6.45, 7) is 0.634. The smallest absolute Gasteiger partial charge is 0.421 e. The second-order valence-electron chi connectivity index (χ2n) is 17.5. The molecule has 0 bridgehead atoms. The summed E-state index contributed by atoms with van der Waals surface area (Å²) in [7, 11) is 3.42. The number of aliphatic hydroxyl groups is 1. The number of hydrogen-bond acceptors (Lipinski definition) is 11. The summed E-state index contributed by atoms with van der Waals surface area (Å²) < 4.78 is 17.4. The van der Waals surface area contributed by atoms with Gasteiger partial charge in [-0.3, -0.25) is 24.2 Å². The average molecular weight is 925 g/mol. The van der Waals surface area contributed by atoms with Crippen molar-refractivity contribution in [2.24, 2.45) is 5.92 Å². The molecule has 1 spiro atoms. The lowest BCUT2D eigenvalue weighted by Gasteiger charge is -2.46. The number of aromatic hydroxyl groups is 1. The lowest BCUT2D eigenvalue weighted by atomic mass is 9.65. The predicted octanol–water partition coefficient (Wildman–Crippen LogP) is 7.17. The standard InChI is InChI=1S/C56H52N4O9/c1-58(36-38-16-7-3-8-17-38)31-15-18-37-25-30-45-44(34-37)56(54(65)59(45)55(66)68-33-32-67-2)47(52(63)57-35-46(62)39-19-9-4-10-20-39)49-53(64)69-50(41-23-13-6-14-24-41)48(40-21-11-5-12-22-40)60(49)51(56)42-26-28-43(61)29-27-42/h3-14,16-17,19-30,34,46-51,61-62H,31-33,35-36H2,1-2H3,(H,57,63). The van der Waals surface area contributed by atoms with Crippen LogP contribution in [0.3, 0.4) is 0 Å². The molecule has 350 valence electrons. The van der Waals surface area contributed by atoms with E-state index in [9.17, 15) is 15.0 Å². The minimum Gasteiger partial charge on any atom is -0.508 e. The Morgan fingerprint density at radius 2 is 1.43 bits per heavy atom. The van der Waals surface area contributed by atoms with Gasteiger partial charge in [0.05, 0.1) is 42.9 Å². The monoisotopic (exact) mass is 924 g/mol. The number of carbonyl (C=O) groups is 4. The van der Waals surface area contributed by atoms with E-state index in [2.05, 4.69) is 22.1 Å². The molecule has 7 atom stereocenters. The highest BCUT2D eigenvalue weighted by atomic mass is 16.6. The molecule has 3 heterocycles. The number of phenolic OH excluding ortho intramolecular Hbond substituents is 1. The topological polar surface area (TPSA) is 158 Å². The fourth-order valence-corrected chi connectivity index (χ4v) is 10.2. The van der Waals surface area contributed by atoms with Gasteiger partial charge in [-0.1, -0.05) is 145 Å². The van der Waals surface area contributed by atoms with Crippen molar-refractivity contribution in [3.63, 3.8) is 0 Å². The molecule has 0 radical (unpaired) electrons. The van der Waals surface area contributed by atoms with Crippen molar-refractivity contribution in [3.05, 3.63) is 203 Å². The van der Waals surface area contributed by atoms with Gasteiger partial charge >= 0.3 is 12.1 Å². The Morgan fingerprint density at radius 3 is 2.10 bits per heavy atom. The van der Waals surface area contributed by atoms with Gasteiger partial charge in [-0.15, -0.1) is 0 Å². The number of imide groups is 1. The van der Waals surface area contributed by atoms with Crippen molar-refractivity contribution >= 4 is 29.6 Å². The molecule has 6 aromatic rings. The van der Waals surface area contributed by atoms with Crippen LogP contribution in [0, 0.1) is 17.8 Å². The van der Waals surface area contributed by atoms with Crippen molar-refractivity contribution in [2.75, 3.05) is 45.4 Å². The number of rotatable bonds is 13. The summed E-state index contributed by atoms with van der Waals surface area (Å²) in [5, 5.41) is 25.1. The molecule has 69 heavy (non-hydrogen) atoms. The van der Waals surface area contributed by atoms with Crippen LogP contribution in [0.25, 0.3) is 0 Å². The number of cyclic esters (lactones) is 1. The first-order chi connectivity index (χ1) is 33.6. The maximum absolute atomic E-state index is 16.3. The number of nitrogens with zero attached hydrogens (tertiary/aromatic N) is 3. The molecule has 9 rings (SSSR count). The molecule has 13 heteroatoms. The molecule has 0 saturated carbocycles. The minimum atomic E-state index is -2.08. The normalized spacial score (nSPS) is 22.0. The van der Waals surface area contributed by atoms with Crippen LogP contribution in [0.15, 0.2) is 164 Å². The quantitative estimate of drug-likeness (QED) is 0.0613. The molecular formula is C56H52N4O9. The maximum atomic E-state index is 16.3. The van der Waals surface area contributed by atoms with Gasteiger partial charge in [0.25, 0.3) is 0 Å². The van der Waals surface area contributed by atoms with Crippen molar-refractivity contribution in [2.45, 2.75) is 42.3 Å². The number of hydrogen-bond donors (Lipinski definition) is 3. The fourth-order valence-electron chi connectivity index (χ4n) is 10.2. The number of phenols is 1. The number of benzene rings is 6. The molecule has 3 N–H and O–H groups in total. The van der Waals surface area contributed by atoms with Crippen LogP contribution in [-0.2, 0) is 40.6 Å². The Kier molecular flexibility index (Phi) is 13.7. The van der Waals surface area contributed by atoms with Gasteiger partial charge in [0.1, 0.15) is 29.9 Å². The number of esters is 1. The molecule has 7 unspecified atom stereocenters. The number of aliphatic hydroxyl groups excluding tert-OH is 1. The van der Waals surface area contributed by atoms with E-state index in [1.54, 1.807) is 54.6 Å². The summed E-state index contributed by atoms with van der Waals surface area (Å²) in [5.41, 5.74) is 2.33. The lowest BCUT2D eigenvalue weighted by molar-refractivity contribution is -0.178. The zero-order valence-electron chi connectivity index (χ0n) is 38.2. The van der Waals surface area contributed by atoms with Gasteiger partial charge < -0.3 is 29.7 Å². The minimum absolute atomic E-state index is 0.0469. The second kappa shape index (κ2) is 20.3. The number of morpholine rings is 1. The maximum Gasteiger partial charge on any atom is 0.421 e. The summed E-state index contributed by atoms with van der Waals surface area (Å²) in [5.74, 6) is 2.55. The zero-order chi connectivity index (χ0) is 48.1. The molecule has 0 aliphatic carbocycles. The van der Waals surface area contributed by atoms with Crippen molar-refractivity contribution < 1.29 is 43.6 Å². The van der Waals surface area contributed by atoms with Crippen LogP contribution in [0.2, 0.25) is 0 Å². The van der Waals surface area contributed by atoms with Crippen LogP contribution in [-0.4, -0.2) is 90.4 Å². The molecule has 2 fully saturated rings. The van der Waals surface area contributed by atoms with Gasteiger partial charge in [-0.25, -0.2) is 9.69 Å². The van der Waals surface area contributed by atoms with Gasteiger partial charge in [0, 0.05) is 25.8 Å². The third kappa shape index (κ3) is 8.99. The van der Waals surface area contributed by atoms with Crippen LogP contribution >= 0.6 is 0 Å². The van der Waals surface area contributed by atoms with Crippen LogP contribution in [0.4, 0.5) is 10.5 Å². The molecule has 3 aliphatic rings. The first-order valence-corrected chi connectivity index (χ1v) is 22.9. The Balaban J connectivity index is 1.27. The zero-order valence-corrected chi connectivity index (χ0v) is 38.2. The Bertz CT molecular complexity index is 2860. The molecule has 0 aromatic heterocycles. The summed E-state index contributed by atoms with van der Waals surface area (Å²) in [4.78, 5) is 66.6. The SMILES string of the molecule is COCCOC(=O)N1C(=O)C2(c3cc(C#CCN(C)Cc4ccccc4)ccc31)C(C(=O)NCC(O)c1ccccc1)C1C(=O)OC(c3ccccc3)C(c3ccccc3)N1C2c1ccc(O)cc1. The largest absolute Gasteiger partial charge is 0.508 e. The van der Waals surface area contributed by atoms with Gasteiger partial charge in [0.2, 0.25) is 11.8 Å². The molecule has 2 saturated heterocycles. The molecular weight excluding hydrogens is 873 g/mol. The molecule has 6 aromatic carbocycles. The molecule has 13 nitrogen and oxygen atoms in total. The molecule has 3 aliphatic heterocycles. The van der Waals surface area contributed by atoms with E-state index < -0.39 is 65.5 Å². The first-order valence-electron chi connectivity index (χ1n) is 22.9. The van der Waals surface area contributed by atoms with Crippen LogP contribution in [0.1, 0.15) is 63.2 Å². The van der Waals surface area contributed by atoms with E-state index in [1.807, 2.05) is 109 Å². The Hall–Kier alpha value is -7.60. The summed E-state index contributed by atoms with van der Waals surface area (Å²) in [6, 6.07) is 45.4. The third-order valence-corrected chi connectivity index (χ3v) is 13.2. The highest BCUT2D eigenvalue weighted by Gasteiger charge is 2.75.